The number of nitrogens with one attached hydrogen (secondary N) is 5. The summed E-state index contributed by atoms with van der Waals surface area (Å²) >= 11 is 0. The lowest BCUT2D eigenvalue weighted by Crippen LogP contribution is -2.59. The SMILES string of the molecule is C[C@H](N)C(=O)N[C@@H](Cc1cnc[nH]1)C(=O)N[C@@H](Cc1c[nH]c2ccccc12)C(=O)N[C@@H](C)C(=O)N1CCC[C@H]1C(=O)N1CCC[C@H]1C(=O)O. The molecule has 1 aromatic carbocycles. The Hall–Kier alpha value is -5.25. The van der Waals surface area contributed by atoms with E-state index in [-0.39, 0.29) is 19.4 Å². The number of benzene rings is 1. The van der Waals surface area contributed by atoms with Crippen LogP contribution in [-0.2, 0) is 41.6 Å². The molecule has 0 aliphatic carbocycles. The Morgan fingerprint density at radius 2 is 1.55 bits per heavy atom. The van der Waals surface area contributed by atoms with E-state index in [1.807, 2.05) is 24.3 Å². The van der Waals surface area contributed by atoms with Crippen LogP contribution in [0.3, 0.4) is 0 Å². The molecular formula is C33H43N9O7. The first-order chi connectivity index (χ1) is 23.4. The molecule has 2 aliphatic rings. The van der Waals surface area contributed by atoms with Gasteiger partial charge in [-0.05, 0) is 51.2 Å². The summed E-state index contributed by atoms with van der Waals surface area (Å²) in [7, 11) is 0. The number of imidazole rings is 1. The highest BCUT2D eigenvalue weighted by Crippen LogP contribution is 2.26. The van der Waals surface area contributed by atoms with Crippen LogP contribution in [0, 0.1) is 0 Å². The molecule has 0 saturated carbocycles. The molecule has 0 spiro atoms. The van der Waals surface area contributed by atoms with Crippen LogP contribution in [0.1, 0.15) is 50.8 Å². The number of fused-ring (bicyclic) bond motifs is 1. The molecule has 262 valence electrons. The zero-order valence-corrected chi connectivity index (χ0v) is 27.5. The molecule has 3 aromatic rings. The summed E-state index contributed by atoms with van der Waals surface area (Å²) in [5, 5.41) is 18.6. The smallest absolute Gasteiger partial charge is 0.326 e. The van der Waals surface area contributed by atoms with Crippen molar-refractivity contribution < 1.29 is 33.9 Å². The van der Waals surface area contributed by atoms with Crippen LogP contribution in [-0.4, -0.2) is 115 Å². The van der Waals surface area contributed by atoms with Crippen molar-refractivity contribution in [2.24, 2.45) is 5.73 Å². The molecule has 5 amide bonds. The van der Waals surface area contributed by atoms with Gasteiger partial charge in [-0.15, -0.1) is 0 Å². The summed E-state index contributed by atoms with van der Waals surface area (Å²) in [6, 6.07) is 1.49. The van der Waals surface area contributed by atoms with Crippen molar-refractivity contribution in [3.05, 3.63) is 54.2 Å². The van der Waals surface area contributed by atoms with Crippen LogP contribution in [0.5, 0.6) is 0 Å². The number of nitrogens with two attached hydrogens (primary N) is 1. The predicted octanol–water partition coefficient (Wildman–Crippen LogP) is -0.436. The van der Waals surface area contributed by atoms with E-state index in [1.54, 1.807) is 6.20 Å². The first-order valence-corrected chi connectivity index (χ1v) is 16.5. The van der Waals surface area contributed by atoms with Gasteiger partial charge in [0.2, 0.25) is 29.5 Å². The highest BCUT2D eigenvalue weighted by atomic mass is 16.4. The minimum atomic E-state index is -1.17. The molecule has 0 radical (unpaired) electrons. The number of para-hydroxylation sites is 1. The molecule has 2 saturated heterocycles. The molecule has 2 fully saturated rings. The first-order valence-electron chi connectivity index (χ1n) is 16.5. The Balaban J connectivity index is 1.33. The Morgan fingerprint density at radius 3 is 2.24 bits per heavy atom. The molecule has 4 heterocycles. The monoisotopic (exact) mass is 677 g/mol. The minimum absolute atomic E-state index is 0.0464. The van der Waals surface area contributed by atoms with E-state index in [0.717, 1.165) is 16.5 Å². The first kappa shape index (κ1) is 35.1. The normalized spacial score (nSPS) is 20.0. The average molecular weight is 678 g/mol. The number of carboxylic acids is 1. The fourth-order valence-electron chi connectivity index (χ4n) is 6.52. The van der Waals surface area contributed by atoms with Crippen molar-refractivity contribution in [3.8, 4) is 0 Å². The summed E-state index contributed by atoms with van der Waals surface area (Å²) in [5.74, 6) is -3.83. The molecule has 8 N–H and O–H groups in total. The zero-order valence-electron chi connectivity index (χ0n) is 27.5. The van der Waals surface area contributed by atoms with Crippen molar-refractivity contribution in [2.75, 3.05) is 13.1 Å². The van der Waals surface area contributed by atoms with Crippen LogP contribution >= 0.6 is 0 Å². The molecular weight excluding hydrogens is 634 g/mol. The third kappa shape index (κ3) is 8.08. The second-order valence-corrected chi connectivity index (χ2v) is 12.7. The predicted molar refractivity (Wildman–Crippen MR) is 177 cm³/mol. The van der Waals surface area contributed by atoms with Gasteiger partial charge in [-0.2, -0.15) is 0 Å². The minimum Gasteiger partial charge on any atom is -0.480 e. The molecule has 49 heavy (non-hydrogen) atoms. The Kier molecular flexibility index (Phi) is 11.0. The number of carboxylic acid groups (broad SMARTS) is 1. The van der Waals surface area contributed by atoms with E-state index in [9.17, 15) is 33.9 Å². The van der Waals surface area contributed by atoms with E-state index in [0.29, 0.717) is 37.9 Å². The van der Waals surface area contributed by atoms with E-state index < -0.39 is 71.8 Å². The number of nitrogens with zero attached hydrogens (tertiary/aromatic N) is 3. The van der Waals surface area contributed by atoms with Crippen LogP contribution in [0.15, 0.2) is 43.0 Å². The number of carbonyl (C=O) groups is 6. The summed E-state index contributed by atoms with van der Waals surface area (Å²) in [6.07, 6.45) is 6.67. The van der Waals surface area contributed by atoms with Crippen LogP contribution < -0.4 is 21.7 Å². The number of hydrogen-bond donors (Lipinski definition) is 7. The molecule has 16 heteroatoms. The molecule has 6 atom stereocenters. The topological polar surface area (TPSA) is 236 Å². The standard InChI is InChI=1S/C33H43N9O7/c1-18(34)28(43)39-25(14-21-16-35-17-37-21)30(45)40-24(13-20-15-36-23-8-4-3-7-22(20)23)29(44)38-19(2)31(46)41-11-5-9-26(41)32(47)42-12-6-10-27(42)33(48)49/h3-4,7-8,15-19,24-27,36H,5-6,9-14,34H2,1-2H3,(H,35,37)(H,38,44)(H,39,43)(H,40,45)(H,48,49)/t18-,19-,24-,25-,26-,27-/m0/s1. The summed E-state index contributed by atoms with van der Waals surface area (Å²) in [6.45, 7) is 3.58. The Morgan fingerprint density at radius 1 is 0.898 bits per heavy atom. The van der Waals surface area contributed by atoms with E-state index in [1.165, 1.54) is 36.2 Å². The van der Waals surface area contributed by atoms with Crippen LogP contribution in [0.25, 0.3) is 10.9 Å². The van der Waals surface area contributed by atoms with Gasteiger partial charge in [0.15, 0.2) is 0 Å². The van der Waals surface area contributed by atoms with Crippen molar-refractivity contribution in [1.29, 1.82) is 0 Å². The Bertz CT molecular complexity index is 1690. The van der Waals surface area contributed by atoms with Gasteiger partial charge in [0.1, 0.15) is 30.2 Å². The quantitative estimate of drug-likeness (QED) is 0.124. The number of H-pyrrole nitrogens is 2. The summed E-state index contributed by atoms with van der Waals surface area (Å²) in [4.78, 5) is 91.8. The highest BCUT2D eigenvalue weighted by molar-refractivity contribution is 5.97. The Labute approximate surface area is 282 Å². The van der Waals surface area contributed by atoms with E-state index in [2.05, 4.69) is 30.9 Å². The number of aromatic amines is 2. The number of carbonyl (C=O) groups excluding carboxylic acids is 5. The summed E-state index contributed by atoms with van der Waals surface area (Å²) in [5.41, 5.74) is 7.89. The van der Waals surface area contributed by atoms with Gasteiger partial charge in [0, 0.05) is 54.9 Å². The number of hydrogen-bond acceptors (Lipinski definition) is 8. The van der Waals surface area contributed by atoms with Crippen LogP contribution in [0.2, 0.25) is 0 Å². The number of aromatic nitrogens is 3. The van der Waals surface area contributed by atoms with Gasteiger partial charge in [0.05, 0.1) is 12.4 Å². The number of rotatable bonds is 13. The molecule has 2 aromatic heterocycles. The third-order valence-corrected chi connectivity index (χ3v) is 9.13. The van der Waals surface area contributed by atoms with E-state index >= 15 is 0 Å². The molecule has 16 nitrogen and oxygen atoms in total. The molecule has 5 rings (SSSR count). The fourth-order valence-corrected chi connectivity index (χ4v) is 6.52. The van der Waals surface area contributed by atoms with Crippen molar-refractivity contribution in [2.45, 2.75) is 88.6 Å². The zero-order chi connectivity index (χ0) is 35.2. The largest absolute Gasteiger partial charge is 0.480 e. The molecule has 0 bridgehead atoms. The van der Waals surface area contributed by atoms with Crippen molar-refractivity contribution >= 4 is 46.4 Å². The second-order valence-electron chi connectivity index (χ2n) is 12.7. The fraction of sp³-hybridized carbons (Fsp3) is 0.485. The maximum Gasteiger partial charge on any atom is 0.326 e. The average Bonchev–Trinajstić information content (AvgIpc) is 3.91. The second kappa shape index (κ2) is 15.3. The number of likely N-dealkylation sites (tertiary alicyclic amines) is 2. The van der Waals surface area contributed by atoms with Gasteiger partial charge in [-0.3, -0.25) is 24.0 Å². The van der Waals surface area contributed by atoms with Crippen molar-refractivity contribution in [3.63, 3.8) is 0 Å². The third-order valence-electron chi connectivity index (χ3n) is 9.13. The van der Waals surface area contributed by atoms with Crippen molar-refractivity contribution in [1.82, 2.24) is 40.7 Å². The summed E-state index contributed by atoms with van der Waals surface area (Å²) < 4.78 is 0. The lowest BCUT2D eigenvalue weighted by atomic mass is 10.0. The number of aliphatic carboxylic acids is 1. The van der Waals surface area contributed by atoms with Gasteiger partial charge >= 0.3 is 5.97 Å². The maximum absolute atomic E-state index is 13.9. The molecule has 0 unspecified atom stereocenters. The van der Waals surface area contributed by atoms with E-state index in [4.69, 9.17) is 5.73 Å². The lowest BCUT2D eigenvalue weighted by molar-refractivity contribution is -0.152. The van der Waals surface area contributed by atoms with Gasteiger partial charge < -0.3 is 46.6 Å². The highest BCUT2D eigenvalue weighted by Gasteiger charge is 2.43. The van der Waals surface area contributed by atoms with Gasteiger partial charge in [0.25, 0.3) is 0 Å². The number of amides is 5. The van der Waals surface area contributed by atoms with Gasteiger partial charge in [-0.1, -0.05) is 18.2 Å². The lowest BCUT2D eigenvalue weighted by Gasteiger charge is -2.32. The van der Waals surface area contributed by atoms with Crippen LogP contribution in [0.4, 0.5) is 0 Å². The maximum atomic E-state index is 13.9. The molecule has 2 aliphatic heterocycles. The van der Waals surface area contributed by atoms with Gasteiger partial charge in [-0.25, -0.2) is 9.78 Å².